The van der Waals surface area contributed by atoms with Gasteiger partial charge in [0.2, 0.25) is 5.88 Å². The Morgan fingerprint density at radius 2 is 2.00 bits per heavy atom. The molecule has 0 amide bonds. The molecule has 3 nitrogen and oxygen atoms in total. The third kappa shape index (κ3) is 2.87. The first-order valence-corrected chi connectivity index (χ1v) is 4.41. The first-order chi connectivity index (χ1) is 6.72. The summed E-state index contributed by atoms with van der Waals surface area (Å²) in [7, 11) is 1.67. The van der Waals surface area contributed by atoms with Crippen LogP contribution in [0.2, 0.25) is 0 Å². The van der Waals surface area contributed by atoms with E-state index in [-0.39, 0.29) is 5.88 Å². The molecule has 0 bridgehead atoms. The van der Waals surface area contributed by atoms with Gasteiger partial charge in [-0.3, -0.25) is 4.68 Å². The Hall–Kier alpha value is -1.20. The van der Waals surface area contributed by atoms with Gasteiger partial charge in [0.15, 0.2) is 0 Å². The van der Waals surface area contributed by atoms with Gasteiger partial charge < -0.3 is 4.74 Å². The molecule has 0 spiro atoms. The quantitative estimate of drug-likeness (QED) is 0.785. The van der Waals surface area contributed by atoms with Crippen molar-refractivity contribution < 1.29 is 17.9 Å². The summed E-state index contributed by atoms with van der Waals surface area (Å²) in [5.74, 6) is 0.204. The number of ether oxygens (including phenoxy) is 1. The van der Waals surface area contributed by atoms with Crippen LogP contribution >= 0.6 is 0 Å². The van der Waals surface area contributed by atoms with Gasteiger partial charge in [-0.15, -0.1) is 5.10 Å². The number of hydrogen-bond donors (Lipinski definition) is 0. The van der Waals surface area contributed by atoms with Crippen LogP contribution in [0.3, 0.4) is 0 Å². The molecule has 0 atom stereocenters. The Balaban J connectivity index is 2.57. The molecule has 1 aromatic rings. The Labute approximate surface area is 85.8 Å². The molecule has 1 rings (SSSR count). The molecule has 0 saturated heterocycles. The van der Waals surface area contributed by atoms with Crippen LogP contribution in [0.4, 0.5) is 13.2 Å². The van der Waals surface area contributed by atoms with Crippen molar-refractivity contribution in [3.8, 4) is 5.88 Å². The lowest BCUT2D eigenvalue weighted by Gasteiger charge is -2.26. The Kier molecular flexibility index (Phi) is 2.97. The molecule has 0 radical (unpaired) electrons. The average Bonchev–Trinajstić information content (AvgIpc) is 2.46. The predicted molar refractivity (Wildman–Crippen MR) is 48.5 cm³/mol. The van der Waals surface area contributed by atoms with Gasteiger partial charge in [-0.1, -0.05) is 0 Å². The first-order valence-electron chi connectivity index (χ1n) is 4.41. The third-order valence-electron chi connectivity index (χ3n) is 2.04. The number of aromatic nitrogens is 2. The molecule has 0 saturated carbocycles. The van der Waals surface area contributed by atoms with Gasteiger partial charge in [0, 0.05) is 19.3 Å². The molecule has 1 heterocycles. The van der Waals surface area contributed by atoms with Crippen molar-refractivity contribution in [3.63, 3.8) is 0 Å². The van der Waals surface area contributed by atoms with Crippen LogP contribution in [-0.4, -0.2) is 22.6 Å². The maximum atomic E-state index is 12.4. The molecule has 0 unspecified atom stereocenters. The molecule has 0 aliphatic rings. The zero-order valence-electron chi connectivity index (χ0n) is 8.80. The number of nitrogens with zero attached hydrogens (tertiary/aromatic N) is 2. The van der Waals surface area contributed by atoms with E-state index in [9.17, 15) is 13.2 Å². The Bertz CT molecular complexity index is 330. The monoisotopic (exact) mass is 222 g/mol. The molecule has 86 valence electrons. The molecule has 0 N–H and O–H groups in total. The molecule has 6 heteroatoms. The predicted octanol–water partition coefficient (Wildman–Crippen LogP) is 2.39. The summed E-state index contributed by atoms with van der Waals surface area (Å²) >= 11 is 0. The van der Waals surface area contributed by atoms with Crippen LogP contribution < -0.4 is 4.74 Å². The smallest absolute Gasteiger partial charge is 0.397 e. The van der Waals surface area contributed by atoms with Crippen molar-refractivity contribution in [1.82, 2.24) is 9.78 Å². The Morgan fingerprint density at radius 3 is 2.40 bits per heavy atom. The van der Waals surface area contributed by atoms with E-state index >= 15 is 0 Å². The average molecular weight is 222 g/mol. The van der Waals surface area contributed by atoms with Crippen molar-refractivity contribution in [2.75, 3.05) is 6.61 Å². The molecule has 0 aliphatic carbocycles. The number of halogens is 3. The van der Waals surface area contributed by atoms with Crippen molar-refractivity contribution in [1.29, 1.82) is 0 Å². The minimum Gasteiger partial charge on any atom is -0.476 e. The lowest BCUT2D eigenvalue weighted by molar-refractivity contribution is -0.219. The van der Waals surface area contributed by atoms with Crippen LogP contribution in [0.5, 0.6) is 5.88 Å². The summed E-state index contributed by atoms with van der Waals surface area (Å²) in [5.41, 5.74) is -1.87. The van der Waals surface area contributed by atoms with Crippen molar-refractivity contribution >= 4 is 0 Å². The van der Waals surface area contributed by atoms with Crippen LogP contribution in [-0.2, 0) is 7.05 Å². The zero-order valence-corrected chi connectivity index (χ0v) is 8.80. The largest absolute Gasteiger partial charge is 0.476 e. The van der Waals surface area contributed by atoms with E-state index in [4.69, 9.17) is 4.74 Å². The fourth-order valence-corrected chi connectivity index (χ4v) is 0.807. The standard InChI is InChI=1S/C9H13F3N2O/c1-8(2,9(10,11)12)6-15-7-4-5-14(3)13-7/h4-5H,6H2,1-3H3. The van der Waals surface area contributed by atoms with Crippen molar-refractivity contribution in [2.24, 2.45) is 12.5 Å². The minimum absolute atomic E-state index is 0.204. The zero-order chi connectivity index (χ0) is 11.7. The van der Waals surface area contributed by atoms with Crippen LogP contribution in [0, 0.1) is 5.41 Å². The van der Waals surface area contributed by atoms with E-state index in [1.54, 1.807) is 13.2 Å². The van der Waals surface area contributed by atoms with E-state index < -0.39 is 18.2 Å². The normalized spacial score (nSPS) is 12.9. The number of alkyl halides is 3. The number of hydrogen-bond acceptors (Lipinski definition) is 2. The fraction of sp³-hybridized carbons (Fsp3) is 0.667. The van der Waals surface area contributed by atoms with Gasteiger partial charge in [-0.25, -0.2) is 0 Å². The van der Waals surface area contributed by atoms with Gasteiger partial charge >= 0.3 is 6.18 Å². The van der Waals surface area contributed by atoms with Crippen LogP contribution in [0.15, 0.2) is 12.3 Å². The maximum Gasteiger partial charge on any atom is 0.397 e. The molecule has 1 aromatic heterocycles. The maximum absolute atomic E-state index is 12.4. The van der Waals surface area contributed by atoms with Gasteiger partial charge in [-0.2, -0.15) is 13.2 Å². The van der Waals surface area contributed by atoms with Crippen molar-refractivity contribution in [2.45, 2.75) is 20.0 Å². The van der Waals surface area contributed by atoms with Crippen LogP contribution in [0.25, 0.3) is 0 Å². The Morgan fingerprint density at radius 1 is 1.40 bits per heavy atom. The topological polar surface area (TPSA) is 27.1 Å². The highest BCUT2D eigenvalue weighted by atomic mass is 19.4. The lowest BCUT2D eigenvalue weighted by atomic mass is 9.94. The summed E-state index contributed by atoms with van der Waals surface area (Å²) in [4.78, 5) is 0. The van der Waals surface area contributed by atoms with Crippen LogP contribution in [0.1, 0.15) is 13.8 Å². The third-order valence-corrected chi connectivity index (χ3v) is 2.04. The van der Waals surface area contributed by atoms with E-state index in [0.29, 0.717) is 0 Å². The van der Waals surface area contributed by atoms with E-state index in [0.717, 1.165) is 13.8 Å². The van der Waals surface area contributed by atoms with E-state index in [1.165, 1.54) is 10.7 Å². The molecule has 0 aromatic carbocycles. The second kappa shape index (κ2) is 3.75. The molecule has 15 heavy (non-hydrogen) atoms. The second-order valence-electron chi connectivity index (χ2n) is 4.00. The van der Waals surface area contributed by atoms with Crippen molar-refractivity contribution in [3.05, 3.63) is 12.3 Å². The lowest BCUT2D eigenvalue weighted by Crippen LogP contribution is -2.37. The van der Waals surface area contributed by atoms with Gasteiger partial charge in [0.25, 0.3) is 0 Å². The van der Waals surface area contributed by atoms with E-state index in [1.807, 2.05) is 0 Å². The number of rotatable bonds is 3. The fourth-order valence-electron chi connectivity index (χ4n) is 0.807. The molecule has 0 fully saturated rings. The highest BCUT2D eigenvalue weighted by Gasteiger charge is 2.48. The number of aryl methyl sites for hydroxylation is 1. The van der Waals surface area contributed by atoms with Gasteiger partial charge in [0.1, 0.15) is 6.61 Å². The highest BCUT2D eigenvalue weighted by Crippen LogP contribution is 2.37. The highest BCUT2D eigenvalue weighted by molar-refractivity contribution is 5.05. The molecular formula is C9H13F3N2O. The minimum atomic E-state index is -4.28. The molecular weight excluding hydrogens is 209 g/mol. The summed E-state index contributed by atoms with van der Waals surface area (Å²) in [5, 5.41) is 3.82. The second-order valence-corrected chi connectivity index (χ2v) is 4.00. The van der Waals surface area contributed by atoms with Gasteiger partial charge in [-0.05, 0) is 13.8 Å². The first kappa shape index (κ1) is 11.9. The van der Waals surface area contributed by atoms with Gasteiger partial charge in [0.05, 0.1) is 5.41 Å². The molecule has 0 aliphatic heterocycles. The SMILES string of the molecule is Cn1ccc(OCC(C)(C)C(F)(F)F)n1. The summed E-state index contributed by atoms with van der Waals surface area (Å²) in [6.07, 6.45) is -2.67. The summed E-state index contributed by atoms with van der Waals surface area (Å²) in [6, 6.07) is 1.52. The summed E-state index contributed by atoms with van der Waals surface area (Å²) < 4.78 is 43.7. The summed E-state index contributed by atoms with van der Waals surface area (Å²) in [6.45, 7) is 1.75. The van der Waals surface area contributed by atoms with E-state index in [2.05, 4.69) is 5.10 Å².